The van der Waals surface area contributed by atoms with Crippen LogP contribution in [0.2, 0.25) is 0 Å². The van der Waals surface area contributed by atoms with E-state index in [9.17, 15) is 24.0 Å². The van der Waals surface area contributed by atoms with Gasteiger partial charge in [0.2, 0.25) is 11.8 Å². The molecule has 1 fully saturated rings. The molecule has 3 heterocycles. The van der Waals surface area contributed by atoms with Crippen molar-refractivity contribution in [1.29, 1.82) is 0 Å². The Balaban J connectivity index is 1.27. The van der Waals surface area contributed by atoms with E-state index < -0.39 is 29.7 Å². The number of hydrogen-bond donors (Lipinski definition) is 4. The van der Waals surface area contributed by atoms with Crippen LogP contribution in [-0.2, 0) is 23.1 Å². The topological polar surface area (TPSA) is 155 Å². The third-order valence-electron chi connectivity index (χ3n) is 6.16. The number of unbranched alkanes of at least 4 members (excludes halogenated alkanes) is 1. The van der Waals surface area contributed by atoms with E-state index >= 15 is 0 Å². The van der Waals surface area contributed by atoms with Crippen molar-refractivity contribution in [2.24, 2.45) is 7.05 Å². The van der Waals surface area contributed by atoms with Gasteiger partial charge in [-0.05, 0) is 37.8 Å². The molecule has 0 bridgehead atoms. The van der Waals surface area contributed by atoms with Gasteiger partial charge in [0.25, 0.3) is 11.8 Å². The van der Waals surface area contributed by atoms with Crippen molar-refractivity contribution >= 4 is 41.0 Å². The third-order valence-corrected chi connectivity index (χ3v) is 6.16. The van der Waals surface area contributed by atoms with Crippen LogP contribution in [0.5, 0.6) is 0 Å². The van der Waals surface area contributed by atoms with Crippen LogP contribution in [0.1, 0.15) is 59.0 Å². The maximum atomic E-state index is 13.1. The summed E-state index contributed by atoms with van der Waals surface area (Å²) in [5.41, 5.74) is 2.47. The zero-order valence-corrected chi connectivity index (χ0v) is 20.2. The fourth-order valence-electron chi connectivity index (χ4n) is 4.40. The molecular weight excluding hydrogens is 466 g/mol. The first-order valence-electron chi connectivity index (χ1n) is 12.0. The lowest BCUT2D eigenvalue weighted by molar-refractivity contribution is -0.136. The number of piperidine rings is 1. The second kappa shape index (κ2) is 10.6. The number of carbonyl (C=O) groups is 5. The van der Waals surface area contributed by atoms with Gasteiger partial charge in [0.15, 0.2) is 0 Å². The van der Waals surface area contributed by atoms with Crippen molar-refractivity contribution in [2.75, 3.05) is 23.7 Å². The van der Waals surface area contributed by atoms with Gasteiger partial charge in [0, 0.05) is 38.4 Å². The van der Waals surface area contributed by atoms with Crippen molar-refractivity contribution in [1.82, 2.24) is 25.3 Å². The molecule has 2 aromatic rings. The van der Waals surface area contributed by atoms with Gasteiger partial charge in [-0.15, -0.1) is 0 Å². The Kier molecular flexibility index (Phi) is 7.32. The van der Waals surface area contributed by atoms with Crippen LogP contribution in [-0.4, -0.2) is 63.5 Å². The van der Waals surface area contributed by atoms with Crippen LogP contribution in [0, 0.1) is 0 Å². The lowest BCUT2D eigenvalue weighted by Crippen LogP contribution is -2.54. The van der Waals surface area contributed by atoms with E-state index in [0.717, 1.165) is 10.6 Å². The Morgan fingerprint density at radius 1 is 1.11 bits per heavy atom. The molecule has 6 amide bonds. The van der Waals surface area contributed by atoms with Gasteiger partial charge in [0.05, 0.1) is 22.5 Å². The van der Waals surface area contributed by atoms with E-state index in [1.807, 2.05) is 6.92 Å². The summed E-state index contributed by atoms with van der Waals surface area (Å²) in [4.78, 5) is 62.8. The van der Waals surface area contributed by atoms with Gasteiger partial charge in [-0.25, -0.2) is 4.79 Å². The third kappa shape index (κ3) is 5.07. The van der Waals surface area contributed by atoms with Crippen LogP contribution in [0.15, 0.2) is 24.4 Å². The first-order chi connectivity index (χ1) is 17.3. The second-order valence-corrected chi connectivity index (χ2v) is 8.71. The molecule has 4 rings (SSSR count). The van der Waals surface area contributed by atoms with Gasteiger partial charge in [-0.2, -0.15) is 5.10 Å². The lowest BCUT2D eigenvalue weighted by atomic mass is 10.0. The lowest BCUT2D eigenvalue weighted by Gasteiger charge is -2.27. The zero-order chi connectivity index (χ0) is 25.8. The fraction of sp³-hybridized carbons (Fsp3) is 0.417. The van der Waals surface area contributed by atoms with E-state index in [1.54, 1.807) is 36.1 Å². The highest BCUT2D eigenvalue weighted by Crippen LogP contribution is 2.32. The standard InChI is InChI=1S/C24H29N7O5/c1-3-15-17(13-30(2)29-15)27-24(36)26-12-5-4-11-25-16-8-6-7-14-20(16)23(35)31(22(14)34)18-9-10-19(32)28-21(18)33/h6-8,13,18,25H,3-5,9-12H2,1-2H3,(H2,26,27,36)(H,28,32,33). The van der Waals surface area contributed by atoms with Crippen molar-refractivity contribution in [2.45, 2.75) is 45.1 Å². The Labute approximate surface area is 207 Å². The largest absolute Gasteiger partial charge is 0.384 e. The van der Waals surface area contributed by atoms with Crippen LogP contribution in [0.25, 0.3) is 0 Å². The number of aromatic nitrogens is 2. The highest BCUT2D eigenvalue weighted by molar-refractivity contribution is 6.25. The van der Waals surface area contributed by atoms with Gasteiger partial charge < -0.3 is 16.0 Å². The molecule has 2 aliphatic rings. The number of hydrogen-bond acceptors (Lipinski definition) is 7. The molecule has 4 N–H and O–H groups in total. The van der Waals surface area contributed by atoms with E-state index in [1.165, 1.54) is 0 Å². The Morgan fingerprint density at radius 2 is 1.89 bits per heavy atom. The minimum absolute atomic E-state index is 0.0724. The van der Waals surface area contributed by atoms with Crippen molar-refractivity contribution in [3.05, 3.63) is 41.2 Å². The number of imide groups is 2. The quantitative estimate of drug-likeness (QED) is 0.303. The fourth-order valence-corrected chi connectivity index (χ4v) is 4.40. The SMILES string of the molecule is CCc1nn(C)cc1NC(=O)NCCCCNc1cccc2c1C(=O)N(C1CCC(=O)NC1=O)C2=O. The number of nitrogens with zero attached hydrogens (tertiary/aromatic N) is 3. The molecular formula is C24H29N7O5. The predicted octanol–water partition coefficient (Wildman–Crippen LogP) is 1.40. The number of anilines is 2. The molecule has 1 saturated heterocycles. The van der Waals surface area contributed by atoms with Crippen molar-refractivity contribution in [3.8, 4) is 0 Å². The molecule has 12 nitrogen and oxygen atoms in total. The molecule has 0 saturated carbocycles. The van der Waals surface area contributed by atoms with Gasteiger partial charge in [0.1, 0.15) is 6.04 Å². The molecule has 1 aromatic heterocycles. The molecule has 190 valence electrons. The van der Waals surface area contributed by atoms with E-state index in [4.69, 9.17) is 0 Å². The van der Waals surface area contributed by atoms with E-state index in [-0.39, 0.29) is 30.0 Å². The number of carbonyl (C=O) groups excluding carboxylic acids is 5. The molecule has 0 radical (unpaired) electrons. The minimum atomic E-state index is -1.000. The number of urea groups is 1. The van der Waals surface area contributed by atoms with Gasteiger partial charge >= 0.3 is 6.03 Å². The second-order valence-electron chi connectivity index (χ2n) is 8.71. The molecule has 2 aliphatic heterocycles. The molecule has 0 spiro atoms. The highest BCUT2D eigenvalue weighted by atomic mass is 16.2. The number of rotatable bonds is 9. The maximum absolute atomic E-state index is 13.1. The molecule has 1 atom stereocenters. The number of amides is 6. The van der Waals surface area contributed by atoms with Crippen LogP contribution < -0.4 is 21.3 Å². The first kappa shape index (κ1) is 24.9. The van der Waals surface area contributed by atoms with Crippen LogP contribution >= 0.6 is 0 Å². The molecule has 12 heteroatoms. The summed E-state index contributed by atoms with van der Waals surface area (Å²) in [5.74, 6) is -2.14. The Bertz CT molecular complexity index is 1220. The summed E-state index contributed by atoms with van der Waals surface area (Å²) < 4.78 is 1.66. The van der Waals surface area contributed by atoms with Crippen molar-refractivity contribution in [3.63, 3.8) is 0 Å². The summed E-state index contributed by atoms with van der Waals surface area (Å²) in [6.07, 6.45) is 4.05. The Hall–Kier alpha value is -4.22. The van der Waals surface area contributed by atoms with Crippen molar-refractivity contribution < 1.29 is 24.0 Å². The number of benzene rings is 1. The smallest absolute Gasteiger partial charge is 0.319 e. The van der Waals surface area contributed by atoms with E-state index in [0.29, 0.717) is 43.7 Å². The summed E-state index contributed by atoms with van der Waals surface area (Å²) in [6.45, 7) is 2.95. The van der Waals surface area contributed by atoms with Crippen LogP contribution in [0.3, 0.4) is 0 Å². The highest BCUT2D eigenvalue weighted by Gasteiger charge is 2.45. The Morgan fingerprint density at radius 3 is 2.64 bits per heavy atom. The normalized spacial score (nSPS) is 17.2. The zero-order valence-electron chi connectivity index (χ0n) is 20.2. The van der Waals surface area contributed by atoms with Gasteiger partial charge in [-0.1, -0.05) is 13.0 Å². The molecule has 1 aromatic carbocycles. The number of fused-ring (bicyclic) bond motifs is 1. The molecule has 0 aliphatic carbocycles. The minimum Gasteiger partial charge on any atom is -0.384 e. The summed E-state index contributed by atoms with van der Waals surface area (Å²) in [5, 5.41) is 15.3. The summed E-state index contributed by atoms with van der Waals surface area (Å²) in [6, 6.07) is 3.64. The average molecular weight is 496 g/mol. The molecule has 36 heavy (non-hydrogen) atoms. The summed E-state index contributed by atoms with van der Waals surface area (Å²) in [7, 11) is 1.80. The van der Waals surface area contributed by atoms with E-state index in [2.05, 4.69) is 26.4 Å². The first-order valence-corrected chi connectivity index (χ1v) is 12.0. The number of aryl methyl sites for hydroxylation is 2. The van der Waals surface area contributed by atoms with Gasteiger partial charge in [-0.3, -0.25) is 34.1 Å². The summed E-state index contributed by atoms with van der Waals surface area (Å²) >= 11 is 0. The predicted molar refractivity (Wildman–Crippen MR) is 130 cm³/mol. The monoisotopic (exact) mass is 495 g/mol. The maximum Gasteiger partial charge on any atom is 0.319 e. The number of nitrogens with one attached hydrogen (secondary N) is 4. The molecule has 1 unspecified atom stereocenters. The average Bonchev–Trinajstić information content (AvgIpc) is 3.32. The van der Waals surface area contributed by atoms with Crippen LogP contribution in [0.4, 0.5) is 16.2 Å².